The second-order valence-electron chi connectivity index (χ2n) is 2.58. The summed E-state index contributed by atoms with van der Waals surface area (Å²) in [7, 11) is 1.60. The summed E-state index contributed by atoms with van der Waals surface area (Å²) in [6.07, 6.45) is 0. The lowest BCUT2D eigenvalue weighted by Crippen LogP contribution is -2.20. The number of halogens is 3. The molecule has 0 atom stereocenters. The molecule has 1 aromatic carbocycles. The van der Waals surface area contributed by atoms with Crippen LogP contribution in [0.3, 0.4) is 0 Å². The van der Waals surface area contributed by atoms with Crippen molar-refractivity contribution in [3.8, 4) is 5.75 Å². The predicted molar refractivity (Wildman–Crippen MR) is 66.8 cm³/mol. The monoisotopic (exact) mass is 268 g/mol. The average Bonchev–Trinajstić information content (AvgIpc) is 2.19. The van der Waals surface area contributed by atoms with Crippen LogP contribution in [0, 0.1) is 0 Å². The lowest BCUT2D eigenvalue weighted by atomic mass is 10.3. The molecule has 84 valence electrons. The lowest BCUT2D eigenvalue weighted by molar-refractivity contribution is 0.375. The van der Waals surface area contributed by atoms with E-state index in [1.54, 1.807) is 25.2 Å². The number of hydrogen-bond donors (Lipinski definition) is 1. The summed E-state index contributed by atoms with van der Waals surface area (Å²) in [6.45, 7) is 0.205. The van der Waals surface area contributed by atoms with Crippen LogP contribution >= 0.6 is 35.6 Å². The van der Waals surface area contributed by atoms with Crippen LogP contribution in [0.15, 0.2) is 23.2 Å². The second-order valence-corrected chi connectivity index (χ2v) is 3.42. The van der Waals surface area contributed by atoms with Crippen molar-refractivity contribution in [2.45, 2.75) is 0 Å². The highest BCUT2D eigenvalue weighted by Crippen LogP contribution is 2.27. The van der Waals surface area contributed by atoms with Gasteiger partial charge in [-0.1, -0.05) is 23.2 Å². The SMILES string of the molecule is CN=C(N)COc1cc(Cl)ccc1Cl.Cl. The number of nitrogens with zero attached hydrogens (tertiary/aromatic N) is 1. The zero-order chi connectivity index (χ0) is 10.6. The van der Waals surface area contributed by atoms with Gasteiger partial charge in [0, 0.05) is 18.1 Å². The van der Waals surface area contributed by atoms with Crippen molar-refractivity contribution in [3.05, 3.63) is 28.2 Å². The van der Waals surface area contributed by atoms with Gasteiger partial charge in [0.15, 0.2) is 0 Å². The molecule has 0 aliphatic rings. The van der Waals surface area contributed by atoms with Crippen molar-refractivity contribution >= 4 is 41.4 Å². The molecule has 0 aliphatic carbocycles. The van der Waals surface area contributed by atoms with Crippen molar-refractivity contribution < 1.29 is 4.74 Å². The molecule has 0 radical (unpaired) electrons. The van der Waals surface area contributed by atoms with E-state index in [1.165, 1.54) is 0 Å². The topological polar surface area (TPSA) is 47.6 Å². The summed E-state index contributed by atoms with van der Waals surface area (Å²) < 4.78 is 5.30. The molecule has 0 spiro atoms. The fraction of sp³-hybridized carbons (Fsp3) is 0.222. The van der Waals surface area contributed by atoms with Gasteiger partial charge >= 0.3 is 0 Å². The van der Waals surface area contributed by atoms with E-state index in [-0.39, 0.29) is 19.0 Å². The van der Waals surface area contributed by atoms with Crippen molar-refractivity contribution in [2.75, 3.05) is 13.7 Å². The van der Waals surface area contributed by atoms with Crippen LogP contribution in [0.4, 0.5) is 0 Å². The Hall–Kier alpha value is -0.640. The number of amidine groups is 1. The van der Waals surface area contributed by atoms with Gasteiger partial charge in [0.05, 0.1) is 5.02 Å². The molecule has 0 heterocycles. The van der Waals surface area contributed by atoms with E-state index in [1.807, 2.05) is 0 Å². The van der Waals surface area contributed by atoms with Crippen molar-refractivity contribution in [1.29, 1.82) is 0 Å². The Labute approximate surface area is 105 Å². The number of ether oxygens (including phenoxy) is 1. The van der Waals surface area contributed by atoms with Gasteiger partial charge in [-0.05, 0) is 12.1 Å². The number of benzene rings is 1. The lowest BCUT2D eigenvalue weighted by Gasteiger charge is -2.07. The summed E-state index contributed by atoms with van der Waals surface area (Å²) >= 11 is 11.6. The Morgan fingerprint density at radius 3 is 2.73 bits per heavy atom. The molecule has 6 heteroatoms. The number of nitrogens with two attached hydrogens (primary N) is 1. The largest absolute Gasteiger partial charge is 0.484 e. The van der Waals surface area contributed by atoms with Gasteiger partial charge in [0.25, 0.3) is 0 Å². The zero-order valence-corrected chi connectivity index (χ0v) is 10.4. The van der Waals surface area contributed by atoms with E-state index in [9.17, 15) is 0 Å². The molecule has 0 aliphatic heterocycles. The Morgan fingerprint density at radius 2 is 2.13 bits per heavy atom. The molecular weight excluding hydrogens is 258 g/mol. The molecule has 1 aromatic rings. The van der Waals surface area contributed by atoms with E-state index in [0.29, 0.717) is 21.6 Å². The number of rotatable bonds is 3. The maximum absolute atomic E-state index is 5.86. The summed E-state index contributed by atoms with van der Waals surface area (Å²) in [4.78, 5) is 3.75. The third-order valence-electron chi connectivity index (χ3n) is 1.56. The summed E-state index contributed by atoms with van der Waals surface area (Å²) in [5.74, 6) is 0.909. The highest BCUT2D eigenvalue weighted by Gasteiger charge is 2.02. The van der Waals surface area contributed by atoms with Gasteiger partial charge in [0.1, 0.15) is 18.2 Å². The van der Waals surface area contributed by atoms with Crippen LogP contribution < -0.4 is 10.5 Å². The van der Waals surface area contributed by atoms with Crippen molar-refractivity contribution in [3.63, 3.8) is 0 Å². The Balaban J connectivity index is 0.00000196. The third kappa shape index (κ3) is 4.60. The van der Waals surface area contributed by atoms with Crippen LogP contribution in [0.5, 0.6) is 5.75 Å². The maximum atomic E-state index is 5.86. The van der Waals surface area contributed by atoms with Crippen LogP contribution in [-0.2, 0) is 0 Å². The zero-order valence-electron chi connectivity index (χ0n) is 8.04. The summed E-state index contributed by atoms with van der Waals surface area (Å²) in [6, 6.07) is 4.99. The minimum atomic E-state index is 0. The van der Waals surface area contributed by atoms with Crippen LogP contribution in [0.25, 0.3) is 0 Å². The molecule has 0 unspecified atom stereocenters. The van der Waals surface area contributed by atoms with Gasteiger partial charge in [-0.25, -0.2) is 0 Å². The number of hydrogen-bond acceptors (Lipinski definition) is 2. The first-order valence-electron chi connectivity index (χ1n) is 3.92. The highest BCUT2D eigenvalue weighted by atomic mass is 35.5. The molecule has 0 saturated carbocycles. The third-order valence-corrected chi connectivity index (χ3v) is 2.10. The van der Waals surface area contributed by atoms with Crippen molar-refractivity contribution in [1.82, 2.24) is 0 Å². The van der Waals surface area contributed by atoms with Crippen LogP contribution in [0.2, 0.25) is 10.0 Å². The molecule has 2 N–H and O–H groups in total. The van der Waals surface area contributed by atoms with E-state index >= 15 is 0 Å². The maximum Gasteiger partial charge on any atom is 0.145 e. The van der Waals surface area contributed by atoms with Gasteiger partial charge in [-0.15, -0.1) is 12.4 Å². The molecular formula is C9H11Cl3N2O. The quantitative estimate of drug-likeness (QED) is 0.677. The summed E-state index contributed by atoms with van der Waals surface area (Å²) in [5, 5.41) is 1.06. The predicted octanol–water partition coefficient (Wildman–Crippen LogP) is 2.78. The molecule has 15 heavy (non-hydrogen) atoms. The molecule has 0 aromatic heterocycles. The van der Waals surface area contributed by atoms with Gasteiger partial charge in [0.2, 0.25) is 0 Å². The van der Waals surface area contributed by atoms with Gasteiger partial charge in [-0.2, -0.15) is 0 Å². The standard InChI is InChI=1S/C9H10Cl2N2O.ClH/c1-13-9(12)5-14-8-4-6(10)2-3-7(8)11;/h2-4H,5H2,1H3,(H2,12,13);1H. The number of aliphatic imine (C=N–C) groups is 1. The average molecular weight is 270 g/mol. The van der Waals surface area contributed by atoms with Gasteiger partial charge < -0.3 is 10.5 Å². The smallest absolute Gasteiger partial charge is 0.145 e. The Kier molecular flexibility index (Phi) is 6.48. The molecule has 3 nitrogen and oxygen atoms in total. The first-order valence-corrected chi connectivity index (χ1v) is 4.68. The first-order chi connectivity index (χ1) is 6.63. The molecule has 0 amide bonds. The minimum Gasteiger partial charge on any atom is -0.484 e. The Morgan fingerprint density at radius 1 is 1.47 bits per heavy atom. The normalized spacial score (nSPS) is 10.7. The van der Waals surface area contributed by atoms with Gasteiger partial charge in [-0.3, -0.25) is 4.99 Å². The fourth-order valence-corrected chi connectivity index (χ4v) is 1.14. The molecule has 1 rings (SSSR count). The highest BCUT2D eigenvalue weighted by molar-refractivity contribution is 6.34. The van der Waals surface area contributed by atoms with E-state index in [4.69, 9.17) is 33.7 Å². The van der Waals surface area contributed by atoms with E-state index < -0.39 is 0 Å². The minimum absolute atomic E-state index is 0. The van der Waals surface area contributed by atoms with Crippen LogP contribution in [0.1, 0.15) is 0 Å². The molecule has 0 saturated heterocycles. The second kappa shape index (κ2) is 6.77. The van der Waals surface area contributed by atoms with Crippen molar-refractivity contribution in [2.24, 2.45) is 10.7 Å². The Bertz CT molecular complexity index is 355. The molecule has 0 bridgehead atoms. The summed E-state index contributed by atoms with van der Waals surface area (Å²) in [5.41, 5.74) is 5.46. The van der Waals surface area contributed by atoms with E-state index in [0.717, 1.165) is 0 Å². The first kappa shape index (κ1) is 14.4. The fourth-order valence-electron chi connectivity index (χ4n) is 0.804. The van der Waals surface area contributed by atoms with E-state index in [2.05, 4.69) is 4.99 Å². The molecule has 0 fully saturated rings. The van der Waals surface area contributed by atoms with Crippen LogP contribution in [-0.4, -0.2) is 19.5 Å².